The molecule has 0 saturated carbocycles. The fourth-order valence-corrected chi connectivity index (χ4v) is 1.31. The van der Waals surface area contributed by atoms with E-state index in [9.17, 15) is 14.7 Å². The largest absolute Gasteiger partial charge is 0.480 e. The maximum absolute atomic E-state index is 11.2. The van der Waals surface area contributed by atoms with E-state index in [4.69, 9.17) is 5.11 Å². The highest BCUT2D eigenvalue weighted by atomic mass is 16.5. The highest BCUT2D eigenvalue weighted by Crippen LogP contribution is 2.02. The van der Waals surface area contributed by atoms with Crippen LogP contribution in [-0.2, 0) is 14.3 Å². The van der Waals surface area contributed by atoms with Gasteiger partial charge < -0.3 is 25.2 Å². The first-order valence-electron chi connectivity index (χ1n) is 5.16. The highest BCUT2D eigenvalue weighted by molar-refractivity contribution is 5.77. The molecule has 0 aromatic rings. The Kier molecular flexibility index (Phi) is 6.71. The molecule has 100 valence electrons. The number of aliphatic hydroxyl groups is 1. The molecule has 0 fully saturated rings. The molecule has 0 aromatic carbocycles. The number of carboxylic acid groups (broad SMARTS) is 1. The Morgan fingerprint density at radius 1 is 1.35 bits per heavy atom. The number of carbonyl (C=O) groups excluding carboxylic acids is 1. The van der Waals surface area contributed by atoms with Gasteiger partial charge in [0.2, 0.25) is 5.91 Å². The molecule has 0 rings (SSSR count). The van der Waals surface area contributed by atoms with Gasteiger partial charge in [-0.1, -0.05) is 0 Å². The Hall–Kier alpha value is -1.18. The zero-order valence-electron chi connectivity index (χ0n) is 10.4. The number of nitrogens with one attached hydrogen (secondary N) is 1. The van der Waals surface area contributed by atoms with Crippen molar-refractivity contribution >= 4 is 11.9 Å². The van der Waals surface area contributed by atoms with Gasteiger partial charge in [0.15, 0.2) is 0 Å². The van der Waals surface area contributed by atoms with Crippen molar-refractivity contribution in [3.63, 3.8) is 0 Å². The molecule has 0 spiro atoms. The minimum atomic E-state index is -1.13. The summed E-state index contributed by atoms with van der Waals surface area (Å²) in [5.41, 5.74) is -1.04. The van der Waals surface area contributed by atoms with Crippen LogP contribution in [0, 0.1) is 0 Å². The number of carboxylic acids is 1. The van der Waals surface area contributed by atoms with Crippen molar-refractivity contribution in [3.05, 3.63) is 0 Å². The van der Waals surface area contributed by atoms with Gasteiger partial charge in [0, 0.05) is 13.1 Å². The third-order valence-corrected chi connectivity index (χ3v) is 1.78. The number of likely N-dealkylation sites (N-methyl/N-ethyl adjacent to an activating group) is 1. The lowest BCUT2D eigenvalue weighted by atomic mass is 10.1. The van der Waals surface area contributed by atoms with E-state index in [1.54, 1.807) is 11.8 Å². The number of ether oxygens (including phenoxy) is 1. The Labute approximate surface area is 100 Å². The molecule has 0 saturated heterocycles. The molecule has 1 unspecified atom stereocenters. The summed E-state index contributed by atoms with van der Waals surface area (Å²) < 4.78 is 4.60. The lowest BCUT2D eigenvalue weighted by molar-refractivity contribution is -0.143. The maximum Gasteiger partial charge on any atom is 0.329 e. The van der Waals surface area contributed by atoms with Crippen LogP contribution in [0.25, 0.3) is 0 Å². The molecule has 0 aliphatic rings. The summed E-state index contributed by atoms with van der Waals surface area (Å²) in [4.78, 5) is 23.1. The van der Waals surface area contributed by atoms with Crippen LogP contribution >= 0.6 is 0 Å². The molecule has 7 heteroatoms. The minimum Gasteiger partial charge on any atom is -0.480 e. The van der Waals surface area contributed by atoms with E-state index in [-0.39, 0.29) is 13.2 Å². The fraction of sp³-hybridized carbons (Fsp3) is 0.800. The van der Waals surface area contributed by atoms with Crippen LogP contribution in [0.5, 0.6) is 0 Å². The predicted octanol–water partition coefficient (Wildman–Crippen LogP) is -1.48. The van der Waals surface area contributed by atoms with Crippen LogP contribution in [0.3, 0.4) is 0 Å². The average Bonchev–Trinajstić information content (AvgIpc) is 2.12. The summed E-state index contributed by atoms with van der Waals surface area (Å²) in [6, 6.07) is 0. The summed E-state index contributed by atoms with van der Waals surface area (Å²) in [5, 5.41) is 20.6. The summed E-state index contributed by atoms with van der Waals surface area (Å²) in [7, 11) is 3.62. The van der Waals surface area contributed by atoms with Crippen LogP contribution in [-0.4, -0.2) is 73.0 Å². The second-order valence-electron chi connectivity index (χ2n) is 4.40. The molecule has 17 heavy (non-hydrogen) atoms. The van der Waals surface area contributed by atoms with Crippen molar-refractivity contribution in [2.45, 2.75) is 12.5 Å². The Morgan fingerprint density at radius 3 is 2.41 bits per heavy atom. The number of aliphatic carboxylic acids is 1. The zero-order chi connectivity index (χ0) is 13.5. The molecule has 0 bridgehead atoms. The third kappa shape index (κ3) is 9.73. The number of hydrogen-bond acceptors (Lipinski definition) is 5. The van der Waals surface area contributed by atoms with Crippen molar-refractivity contribution in [2.24, 2.45) is 0 Å². The minimum absolute atomic E-state index is 0.0838. The third-order valence-electron chi connectivity index (χ3n) is 1.78. The topological polar surface area (TPSA) is 99.1 Å². The number of amides is 1. The van der Waals surface area contributed by atoms with Gasteiger partial charge in [-0.15, -0.1) is 0 Å². The first-order valence-corrected chi connectivity index (χ1v) is 5.16. The zero-order valence-corrected chi connectivity index (χ0v) is 10.4. The van der Waals surface area contributed by atoms with E-state index in [2.05, 4.69) is 10.1 Å². The molecule has 0 aliphatic carbocycles. The first kappa shape index (κ1) is 15.8. The maximum atomic E-state index is 11.2. The number of nitrogens with zero attached hydrogens (tertiary/aromatic N) is 1. The molecular weight excluding hydrogens is 228 g/mol. The molecule has 0 aromatic heterocycles. The number of carbonyl (C=O) groups is 2. The van der Waals surface area contributed by atoms with Gasteiger partial charge in [-0.25, -0.2) is 4.79 Å². The molecule has 1 amide bonds. The van der Waals surface area contributed by atoms with Gasteiger partial charge in [0.1, 0.15) is 13.2 Å². The summed E-state index contributed by atoms with van der Waals surface area (Å²) in [6.07, 6.45) is 0. The van der Waals surface area contributed by atoms with Gasteiger partial charge in [0.05, 0.1) is 5.60 Å². The summed E-state index contributed by atoms with van der Waals surface area (Å²) in [6.45, 7) is 1.25. The monoisotopic (exact) mass is 248 g/mol. The van der Waals surface area contributed by atoms with Crippen LogP contribution < -0.4 is 5.32 Å². The highest BCUT2D eigenvalue weighted by Gasteiger charge is 2.21. The van der Waals surface area contributed by atoms with E-state index in [0.717, 1.165) is 0 Å². The van der Waals surface area contributed by atoms with Gasteiger partial charge >= 0.3 is 5.97 Å². The van der Waals surface area contributed by atoms with E-state index in [1.807, 2.05) is 14.1 Å². The van der Waals surface area contributed by atoms with Crippen LogP contribution in [0.2, 0.25) is 0 Å². The lowest BCUT2D eigenvalue weighted by Crippen LogP contribution is -2.47. The molecule has 0 aliphatic heterocycles. The fourth-order valence-electron chi connectivity index (χ4n) is 1.31. The molecule has 3 N–H and O–H groups in total. The Morgan fingerprint density at radius 2 is 1.94 bits per heavy atom. The average molecular weight is 248 g/mol. The SMILES string of the molecule is CN(C)CC(C)(O)CNC(=O)COCC(=O)O. The smallest absolute Gasteiger partial charge is 0.329 e. The molecule has 0 heterocycles. The standard InChI is InChI=1S/C10H20N2O5/c1-10(16,7-12(2)3)6-11-8(13)4-17-5-9(14)15/h16H,4-7H2,1-3H3,(H,11,13)(H,14,15). The van der Waals surface area contributed by atoms with Crippen molar-refractivity contribution in [1.29, 1.82) is 0 Å². The summed E-state index contributed by atoms with van der Waals surface area (Å²) in [5.74, 6) is -1.58. The van der Waals surface area contributed by atoms with E-state index in [1.165, 1.54) is 0 Å². The van der Waals surface area contributed by atoms with Crippen LogP contribution in [0.15, 0.2) is 0 Å². The van der Waals surface area contributed by atoms with E-state index >= 15 is 0 Å². The number of rotatable bonds is 8. The van der Waals surface area contributed by atoms with Crippen molar-refractivity contribution in [1.82, 2.24) is 10.2 Å². The van der Waals surface area contributed by atoms with E-state index < -0.39 is 24.1 Å². The van der Waals surface area contributed by atoms with Crippen LogP contribution in [0.4, 0.5) is 0 Å². The molecule has 1 atom stereocenters. The summed E-state index contributed by atoms with van der Waals surface area (Å²) >= 11 is 0. The van der Waals surface area contributed by atoms with Crippen molar-refractivity contribution in [3.8, 4) is 0 Å². The second-order valence-corrected chi connectivity index (χ2v) is 4.40. The van der Waals surface area contributed by atoms with E-state index in [0.29, 0.717) is 6.54 Å². The van der Waals surface area contributed by atoms with Crippen molar-refractivity contribution < 1.29 is 24.5 Å². The van der Waals surface area contributed by atoms with Gasteiger partial charge in [0.25, 0.3) is 0 Å². The first-order chi connectivity index (χ1) is 7.73. The molecule has 0 radical (unpaired) electrons. The normalized spacial score (nSPS) is 14.4. The van der Waals surface area contributed by atoms with Gasteiger partial charge in [-0.3, -0.25) is 4.79 Å². The van der Waals surface area contributed by atoms with Gasteiger partial charge in [-0.05, 0) is 21.0 Å². The lowest BCUT2D eigenvalue weighted by Gasteiger charge is -2.27. The predicted molar refractivity (Wildman–Crippen MR) is 60.6 cm³/mol. The van der Waals surface area contributed by atoms with Crippen molar-refractivity contribution in [2.75, 3.05) is 40.4 Å². The van der Waals surface area contributed by atoms with Gasteiger partial charge in [-0.2, -0.15) is 0 Å². The molecule has 7 nitrogen and oxygen atoms in total. The second kappa shape index (κ2) is 7.21. The van der Waals surface area contributed by atoms with Crippen LogP contribution in [0.1, 0.15) is 6.92 Å². The Bertz CT molecular complexity index is 265. The Balaban J connectivity index is 3.79. The molecular formula is C10H20N2O5. The quantitative estimate of drug-likeness (QED) is 0.484. The number of hydrogen-bond donors (Lipinski definition) is 3.